The van der Waals surface area contributed by atoms with E-state index in [2.05, 4.69) is 30.7 Å². The summed E-state index contributed by atoms with van der Waals surface area (Å²) in [5, 5.41) is 0.966. The van der Waals surface area contributed by atoms with Gasteiger partial charge in [-0.05, 0) is 71.2 Å². The number of amides is 2. The molecule has 196 valence electrons. The Morgan fingerprint density at radius 1 is 0.892 bits per heavy atom. The number of aromatic amines is 1. The fourth-order valence-electron chi connectivity index (χ4n) is 5.28. The fraction of sp³-hybridized carbons (Fsp3) is 0.429. The van der Waals surface area contributed by atoms with Crippen molar-refractivity contribution < 1.29 is 14.0 Å². The number of hydrogen-bond donors (Lipinski definition) is 1. The van der Waals surface area contributed by atoms with Crippen LogP contribution in [-0.4, -0.2) is 102 Å². The third-order valence-corrected chi connectivity index (χ3v) is 8.19. The Bertz CT molecular complexity index is 1250. The summed E-state index contributed by atoms with van der Waals surface area (Å²) in [5.41, 5.74) is 2.81. The van der Waals surface area contributed by atoms with Crippen molar-refractivity contribution in [2.24, 2.45) is 0 Å². The van der Waals surface area contributed by atoms with Gasteiger partial charge in [-0.15, -0.1) is 0 Å². The van der Waals surface area contributed by atoms with Gasteiger partial charge in [-0.1, -0.05) is 12.1 Å². The highest BCUT2D eigenvalue weighted by molar-refractivity contribution is 9.10. The number of halogens is 2. The number of nitrogens with zero attached hydrogens (tertiary/aromatic N) is 4. The highest BCUT2D eigenvalue weighted by atomic mass is 79.9. The van der Waals surface area contributed by atoms with Gasteiger partial charge >= 0.3 is 0 Å². The molecule has 0 saturated carbocycles. The number of hydrogen-bond acceptors (Lipinski definition) is 4. The van der Waals surface area contributed by atoms with Crippen LogP contribution < -0.4 is 0 Å². The first-order valence-electron chi connectivity index (χ1n) is 13.0. The molecule has 2 fully saturated rings. The van der Waals surface area contributed by atoms with Gasteiger partial charge in [0.15, 0.2) is 0 Å². The molecule has 0 bridgehead atoms. The molecule has 7 nitrogen and oxygen atoms in total. The molecule has 2 amide bonds. The van der Waals surface area contributed by atoms with Crippen LogP contribution in [0.15, 0.2) is 53.1 Å². The average molecular weight is 571 g/mol. The van der Waals surface area contributed by atoms with Gasteiger partial charge in [0.05, 0.1) is 12.1 Å². The molecule has 2 aliphatic heterocycles. The van der Waals surface area contributed by atoms with E-state index in [4.69, 9.17) is 0 Å². The Kier molecular flexibility index (Phi) is 8.22. The van der Waals surface area contributed by atoms with Crippen LogP contribution in [-0.2, 0) is 11.2 Å². The third kappa shape index (κ3) is 6.22. The summed E-state index contributed by atoms with van der Waals surface area (Å²) in [7, 11) is 0. The van der Waals surface area contributed by atoms with E-state index in [1.54, 1.807) is 12.1 Å². The molecule has 9 heteroatoms. The number of nitrogens with one attached hydrogen (secondary N) is 1. The molecule has 5 rings (SSSR count). The van der Waals surface area contributed by atoms with Gasteiger partial charge in [0.25, 0.3) is 5.91 Å². The van der Waals surface area contributed by atoms with Crippen LogP contribution in [0.5, 0.6) is 0 Å². The topological polar surface area (TPSA) is 62.9 Å². The largest absolute Gasteiger partial charge is 0.361 e. The van der Waals surface area contributed by atoms with Crippen LogP contribution in [0, 0.1) is 5.82 Å². The number of H-pyrrole nitrogens is 1. The van der Waals surface area contributed by atoms with E-state index in [0.29, 0.717) is 38.3 Å². The van der Waals surface area contributed by atoms with E-state index in [1.165, 1.54) is 6.07 Å². The molecule has 2 saturated heterocycles. The van der Waals surface area contributed by atoms with Crippen molar-refractivity contribution in [1.29, 1.82) is 0 Å². The number of benzene rings is 2. The van der Waals surface area contributed by atoms with Crippen LogP contribution in [0.3, 0.4) is 0 Å². The first-order valence-corrected chi connectivity index (χ1v) is 13.8. The van der Waals surface area contributed by atoms with E-state index in [0.717, 1.165) is 66.5 Å². The summed E-state index contributed by atoms with van der Waals surface area (Å²) in [6, 6.07) is 12.4. The quantitative estimate of drug-likeness (QED) is 0.472. The minimum atomic E-state index is -0.204. The fourth-order valence-corrected chi connectivity index (χ4v) is 5.73. The van der Waals surface area contributed by atoms with Crippen molar-refractivity contribution in [2.45, 2.75) is 12.8 Å². The Balaban J connectivity index is 1.01. The van der Waals surface area contributed by atoms with Crippen molar-refractivity contribution in [1.82, 2.24) is 24.6 Å². The second-order valence-corrected chi connectivity index (χ2v) is 10.7. The van der Waals surface area contributed by atoms with Gasteiger partial charge in [-0.3, -0.25) is 19.4 Å². The van der Waals surface area contributed by atoms with Crippen LogP contribution in [0.4, 0.5) is 4.39 Å². The second-order valence-electron chi connectivity index (χ2n) is 9.88. The lowest BCUT2D eigenvalue weighted by molar-refractivity contribution is -0.134. The summed E-state index contributed by atoms with van der Waals surface area (Å²) in [5.74, 6) is 0.00224. The number of rotatable bonds is 7. The summed E-state index contributed by atoms with van der Waals surface area (Å²) in [6.45, 7) is 7.31. The van der Waals surface area contributed by atoms with Crippen LogP contribution in [0.2, 0.25) is 0 Å². The predicted octanol–water partition coefficient (Wildman–Crippen LogP) is 3.60. The highest BCUT2D eigenvalue weighted by Crippen LogP contribution is 2.21. The molecule has 2 aliphatic rings. The predicted molar refractivity (Wildman–Crippen MR) is 146 cm³/mol. The van der Waals surface area contributed by atoms with Crippen molar-refractivity contribution in [3.05, 3.63) is 70.1 Å². The molecule has 3 aromatic rings. The van der Waals surface area contributed by atoms with E-state index >= 15 is 0 Å². The molecule has 1 N–H and O–H groups in total. The Morgan fingerprint density at radius 3 is 2.35 bits per heavy atom. The van der Waals surface area contributed by atoms with Gasteiger partial charge in [-0.2, -0.15) is 0 Å². The number of piperazine rings is 2. The zero-order valence-electron chi connectivity index (χ0n) is 21.0. The van der Waals surface area contributed by atoms with Crippen LogP contribution >= 0.6 is 15.9 Å². The average Bonchev–Trinajstić information content (AvgIpc) is 3.31. The van der Waals surface area contributed by atoms with Crippen molar-refractivity contribution >= 4 is 38.6 Å². The smallest absolute Gasteiger partial charge is 0.255 e. The van der Waals surface area contributed by atoms with E-state index in [-0.39, 0.29) is 17.6 Å². The minimum Gasteiger partial charge on any atom is -0.361 e. The normalized spacial score (nSPS) is 17.5. The number of aromatic nitrogens is 1. The lowest BCUT2D eigenvalue weighted by Crippen LogP contribution is -2.54. The van der Waals surface area contributed by atoms with Gasteiger partial charge < -0.3 is 14.8 Å². The number of carbonyl (C=O) groups is 2. The van der Waals surface area contributed by atoms with Crippen LogP contribution in [0.25, 0.3) is 10.9 Å². The van der Waals surface area contributed by atoms with E-state index < -0.39 is 0 Å². The Morgan fingerprint density at radius 2 is 1.59 bits per heavy atom. The lowest BCUT2D eigenvalue weighted by atomic mass is 10.1. The van der Waals surface area contributed by atoms with Crippen molar-refractivity contribution in [2.75, 3.05) is 65.4 Å². The number of aryl methyl sites for hydroxylation is 1. The van der Waals surface area contributed by atoms with E-state index in [1.807, 2.05) is 40.3 Å². The summed E-state index contributed by atoms with van der Waals surface area (Å²) in [4.78, 5) is 37.4. The third-order valence-electron chi connectivity index (χ3n) is 7.50. The maximum atomic E-state index is 13.6. The molecule has 0 aliphatic carbocycles. The summed E-state index contributed by atoms with van der Waals surface area (Å²) < 4.78 is 14.4. The SMILES string of the molecule is O=C(CN1CCN(C(=O)c2ccccc2Br)CC1)N1CCN(CCCc2c[nH]c3ccc(F)cc23)CC1. The molecule has 0 radical (unpaired) electrons. The maximum absolute atomic E-state index is 13.6. The monoisotopic (exact) mass is 569 g/mol. The lowest BCUT2D eigenvalue weighted by Gasteiger charge is -2.38. The maximum Gasteiger partial charge on any atom is 0.255 e. The Hall–Kier alpha value is -2.75. The minimum absolute atomic E-state index is 0.0337. The molecule has 3 heterocycles. The molecule has 1 aromatic heterocycles. The first kappa shape index (κ1) is 25.9. The molecule has 0 atom stereocenters. The standard InChI is InChI=1S/C28H33BrFN5O2/c29-25-6-2-1-5-23(25)28(37)35-16-12-33(13-17-35)20-27(36)34-14-10-32(11-15-34)9-3-4-21-19-31-26-8-7-22(30)18-24(21)26/h1-2,5-8,18-19,31H,3-4,9-17,20H2. The van der Waals surface area contributed by atoms with Gasteiger partial charge in [0.1, 0.15) is 5.82 Å². The second kappa shape index (κ2) is 11.8. The van der Waals surface area contributed by atoms with E-state index in [9.17, 15) is 14.0 Å². The molecule has 0 unspecified atom stereocenters. The number of carbonyl (C=O) groups excluding carboxylic acids is 2. The molecule has 0 spiro atoms. The van der Waals surface area contributed by atoms with Gasteiger partial charge in [0.2, 0.25) is 5.91 Å². The molecular formula is C28H33BrFN5O2. The zero-order valence-corrected chi connectivity index (χ0v) is 22.6. The summed E-state index contributed by atoms with van der Waals surface area (Å²) >= 11 is 3.46. The van der Waals surface area contributed by atoms with Crippen molar-refractivity contribution in [3.63, 3.8) is 0 Å². The van der Waals surface area contributed by atoms with Crippen LogP contribution in [0.1, 0.15) is 22.3 Å². The zero-order chi connectivity index (χ0) is 25.8. The summed E-state index contributed by atoms with van der Waals surface area (Å²) in [6.07, 6.45) is 3.88. The van der Waals surface area contributed by atoms with Crippen molar-refractivity contribution in [3.8, 4) is 0 Å². The van der Waals surface area contributed by atoms with Gasteiger partial charge in [-0.25, -0.2) is 4.39 Å². The Labute approximate surface area is 225 Å². The molecular weight excluding hydrogens is 537 g/mol. The molecule has 37 heavy (non-hydrogen) atoms. The molecule has 2 aromatic carbocycles. The highest BCUT2D eigenvalue weighted by Gasteiger charge is 2.27. The number of fused-ring (bicyclic) bond motifs is 1. The van der Waals surface area contributed by atoms with Gasteiger partial charge in [0, 0.05) is 73.9 Å². The first-order chi connectivity index (χ1) is 18.0.